The molecular weight excluding hydrogens is 708 g/mol. The van der Waals surface area contributed by atoms with Crippen molar-refractivity contribution in [2.24, 2.45) is 5.92 Å². The lowest BCUT2D eigenvalue weighted by Gasteiger charge is -2.36. The molecule has 292 valence electrons. The smallest absolute Gasteiger partial charge is 0.408 e. The number of ketones is 1. The minimum Gasteiger partial charge on any atom is -0.480 e. The van der Waals surface area contributed by atoms with E-state index in [1.54, 1.807) is 36.4 Å². The molecule has 0 saturated carbocycles. The summed E-state index contributed by atoms with van der Waals surface area (Å²) in [5.41, 5.74) is -3.87. The number of Topliss-reactive ketones (excluding diaryl/α,β-unsaturated/α-hetero) is 1. The number of carboxylic acids is 1. The Bertz CT molecular complexity index is 1600. The van der Waals surface area contributed by atoms with Crippen molar-refractivity contribution in [3.63, 3.8) is 0 Å². The second-order valence-electron chi connectivity index (χ2n) is 11.9. The molecule has 0 spiro atoms. The summed E-state index contributed by atoms with van der Waals surface area (Å²) in [7, 11) is 4.42. The lowest BCUT2D eigenvalue weighted by molar-refractivity contribution is -0.278. The van der Waals surface area contributed by atoms with Gasteiger partial charge in [-0.3, -0.25) is 24.2 Å². The third-order valence-corrected chi connectivity index (χ3v) is 7.76. The Morgan fingerprint density at radius 1 is 0.648 bits per heavy atom. The maximum Gasteiger partial charge on any atom is 0.408 e. The molecule has 54 heavy (non-hydrogen) atoms. The van der Waals surface area contributed by atoms with Crippen molar-refractivity contribution in [2.75, 3.05) is 28.4 Å². The van der Waals surface area contributed by atoms with Gasteiger partial charge in [0.1, 0.15) is 18.7 Å². The van der Waals surface area contributed by atoms with Gasteiger partial charge in [-0.1, -0.05) is 105 Å². The van der Waals surface area contributed by atoms with Crippen LogP contribution in [0.25, 0.3) is 0 Å². The van der Waals surface area contributed by atoms with Crippen LogP contribution in [0.4, 0.5) is 4.79 Å². The number of ether oxygens (including phenoxy) is 3. The van der Waals surface area contributed by atoms with E-state index in [9.17, 15) is 28.8 Å². The largest absolute Gasteiger partial charge is 0.480 e. The van der Waals surface area contributed by atoms with Gasteiger partial charge >= 0.3 is 24.0 Å². The third kappa shape index (κ3) is 11.4. The number of alkyl carbamates (subject to hydrolysis) is 1. The van der Waals surface area contributed by atoms with Gasteiger partial charge in [-0.2, -0.15) is 9.78 Å². The number of carbonyl (C=O) groups excluding carboxylic acids is 5. The minimum absolute atomic E-state index is 0.0853. The Labute approximate surface area is 312 Å². The highest BCUT2D eigenvalue weighted by molar-refractivity contribution is 6.19. The van der Waals surface area contributed by atoms with Gasteiger partial charge in [-0.15, -0.1) is 0 Å². The molecule has 0 heterocycles. The number of amides is 2. The zero-order chi connectivity index (χ0) is 40.3. The number of rotatable bonds is 18. The van der Waals surface area contributed by atoms with Gasteiger partial charge < -0.3 is 30.0 Å². The molecule has 3 aromatic rings. The van der Waals surface area contributed by atoms with E-state index in [1.165, 1.54) is 31.2 Å². The van der Waals surface area contributed by atoms with E-state index in [-0.39, 0.29) is 23.7 Å². The van der Waals surface area contributed by atoms with E-state index in [1.807, 2.05) is 44.2 Å². The Morgan fingerprint density at radius 2 is 1.07 bits per heavy atom. The molecule has 3 aromatic carbocycles. The van der Waals surface area contributed by atoms with Gasteiger partial charge in [0.05, 0.1) is 14.2 Å². The first-order chi connectivity index (χ1) is 25.7. The first-order valence-electron chi connectivity index (χ1n) is 16.5. The van der Waals surface area contributed by atoms with Crippen LogP contribution in [0.3, 0.4) is 0 Å². The summed E-state index contributed by atoms with van der Waals surface area (Å²) in [6.07, 6.45) is -0.346. The molecular formula is C38H46N2O14. The summed E-state index contributed by atoms with van der Waals surface area (Å²) in [6, 6.07) is 22.8. The van der Waals surface area contributed by atoms with Crippen LogP contribution in [0.1, 0.15) is 43.9 Å². The summed E-state index contributed by atoms with van der Waals surface area (Å²) in [5, 5.41) is 13.7. The number of hydrogen-bond acceptors (Lipinski definition) is 13. The Balaban J connectivity index is 0.000000383. The van der Waals surface area contributed by atoms with Gasteiger partial charge in [0.15, 0.2) is 0 Å². The normalized spacial score (nSPS) is 14.0. The average Bonchev–Trinajstić information content (AvgIpc) is 3.16. The molecule has 0 fully saturated rings. The van der Waals surface area contributed by atoms with E-state index < -0.39 is 59.0 Å². The van der Waals surface area contributed by atoms with Crippen molar-refractivity contribution in [3.8, 4) is 0 Å². The number of hydrogen-bond donors (Lipinski definition) is 3. The molecule has 3 rings (SSSR count). The number of benzene rings is 3. The Morgan fingerprint density at radius 3 is 1.44 bits per heavy atom. The molecule has 2 unspecified atom stereocenters. The highest BCUT2D eigenvalue weighted by atomic mass is 17.2. The SMILES string of the molecule is CC(C)C[C@H](NC(=O)OCc1ccccc1)C(=O)N[C@@H](C)C(=O)O.COOC(=O)C(OC)(C(=O)C(OC)(C(=O)OOC)c1ccccc1)c1ccccc1. The second-order valence-corrected chi connectivity index (χ2v) is 11.9. The van der Waals surface area contributed by atoms with E-state index in [0.29, 0.717) is 6.42 Å². The maximum absolute atomic E-state index is 14.0. The molecule has 0 bridgehead atoms. The summed E-state index contributed by atoms with van der Waals surface area (Å²) in [6.45, 7) is 5.25. The average molecular weight is 755 g/mol. The van der Waals surface area contributed by atoms with Crippen LogP contribution in [-0.4, -0.2) is 81.3 Å². The molecule has 0 radical (unpaired) electrons. The van der Waals surface area contributed by atoms with E-state index in [4.69, 9.17) is 19.3 Å². The molecule has 0 aromatic heterocycles. The van der Waals surface area contributed by atoms with Crippen LogP contribution < -0.4 is 10.6 Å². The molecule has 0 aliphatic rings. The summed E-state index contributed by atoms with van der Waals surface area (Å²) >= 11 is 0. The van der Waals surface area contributed by atoms with Crippen molar-refractivity contribution >= 4 is 35.7 Å². The molecule has 3 N–H and O–H groups in total. The fourth-order valence-electron chi connectivity index (χ4n) is 5.12. The van der Waals surface area contributed by atoms with Gasteiger partial charge in [0.2, 0.25) is 11.7 Å². The number of carbonyl (C=O) groups is 6. The van der Waals surface area contributed by atoms with Crippen LogP contribution in [0.2, 0.25) is 0 Å². The quantitative estimate of drug-likeness (QED) is 0.0959. The van der Waals surface area contributed by atoms with Crippen molar-refractivity contribution in [2.45, 2.75) is 57.1 Å². The first kappa shape index (κ1) is 44.5. The zero-order valence-corrected chi connectivity index (χ0v) is 31.1. The van der Waals surface area contributed by atoms with Crippen molar-refractivity contribution in [1.29, 1.82) is 0 Å². The first-order valence-corrected chi connectivity index (χ1v) is 16.5. The molecule has 16 nitrogen and oxygen atoms in total. The van der Waals surface area contributed by atoms with Crippen molar-refractivity contribution in [3.05, 3.63) is 108 Å². The van der Waals surface area contributed by atoms with Crippen molar-refractivity contribution in [1.82, 2.24) is 10.6 Å². The number of carboxylic acid groups (broad SMARTS) is 1. The standard InChI is InChI=1S/C21H22O9.C17H24N2O5/c1-25-20(18(23)29-27-3,15-11-7-5-8-12-15)17(22)21(26-2,19(24)30-28-4)16-13-9-6-10-14-16;1-11(2)9-14(15(20)18-12(3)16(21)22)19-17(23)24-10-13-7-5-4-6-8-13/h5-14H,1-4H3;4-8,11-12,14H,9-10H2,1-3H3,(H,18,20)(H,19,23)(H,21,22)/t;12-,14-/m.0/s1. The highest BCUT2D eigenvalue weighted by Crippen LogP contribution is 2.39. The van der Waals surface area contributed by atoms with Gasteiger partial charge in [-0.05, 0) is 24.8 Å². The van der Waals surface area contributed by atoms with Gasteiger partial charge in [0.25, 0.3) is 11.2 Å². The van der Waals surface area contributed by atoms with Crippen LogP contribution in [0, 0.1) is 5.92 Å². The molecule has 0 aliphatic carbocycles. The predicted molar refractivity (Wildman–Crippen MR) is 190 cm³/mol. The van der Waals surface area contributed by atoms with Crippen molar-refractivity contribution < 1.29 is 67.6 Å². The molecule has 2 amide bonds. The number of nitrogens with one attached hydrogen (secondary N) is 2. The summed E-state index contributed by atoms with van der Waals surface area (Å²) < 4.78 is 15.9. The predicted octanol–water partition coefficient (Wildman–Crippen LogP) is 3.77. The zero-order valence-electron chi connectivity index (χ0n) is 31.1. The summed E-state index contributed by atoms with van der Waals surface area (Å²) in [4.78, 5) is 93.2. The highest BCUT2D eigenvalue weighted by Gasteiger charge is 2.64. The Kier molecular flexibility index (Phi) is 17.9. The van der Waals surface area contributed by atoms with E-state index in [2.05, 4.69) is 30.2 Å². The second kappa shape index (κ2) is 21.8. The molecule has 4 atom stereocenters. The fourth-order valence-corrected chi connectivity index (χ4v) is 5.12. The lowest BCUT2D eigenvalue weighted by atomic mass is 9.76. The summed E-state index contributed by atoms with van der Waals surface area (Å²) in [5.74, 6) is -5.11. The topological polar surface area (TPSA) is 211 Å². The Hall–Kier alpha value is -5.68. The molecule has 0 saturated heterocycles. The molecule has 16 heteroatoms. The molecule has 0 aliphatic heterocycles. The minimum atomic E-state index is -2.43. The van der Waals surface area contributed by atoms with E-state index >= 15 is 0 Å². The number of methoxy groups -OCH3 is 2. The van der Waals surface area contributed by atoms with Crippen LogP contribution >= 0.6 is 0 Å². The number of aliphatic carboxylic acids is 1. The lowest BCUT2D eigenvalue weighted by Crippen LogP contribution is -2.59. The van der Waals surface area contributed by atoms with Gasteiger partial charge in [-0.25, -0.2) is 14.4 Å². The van der Waals surface area contributed by atoms with Crippen LogP contribution in [0.15, 0.2) is 91.0 Å². The van der Waals surface area contributed by atoms with Crippen LogP contribution in [0.5, 0.6) is 0 Å². The maximum atomic E-state index is 14.0. The fraction of sp³-hybridized carbons (Fsp3) is 0.368. The van der Waals surface area contributed by atoms with Crippen LogP contribution in [-0.2, 0) is 75.5 Å². The third-order valence-electron chi connectivity index (χ3n) is 7.76. The van der Waals surface area contributed by atoms with E-state index in [0.717, 1.165) is 34.0 Å². The monoisotopic (exact) mass is 754 g/mol. The van der Waals surface area contributed by atoms with Gasteiger partial charge in [0, 0.05) is 25.3 Å².